The van der Waals surface area contributed by atoms with Crippen LogP contribution in [0, 0.1) is 18.8 Å². The number of aliphatic hydroxyl groups is 1. The van der Waals surface area contributed by atoms with Gasteiger partial charge in [-0.15, -0.1) is 0 Å². The summed E-state index contributed by atoms with van der Waals surface area (Å²) in [6.07, 6.45) is 6.34. The average Bonchev–Trinajstić information content (AvgIpc) is 3.10. The van der Waals surface area contributed by atoms with Crippen LogP contribution in [0.4, 0.5) is 11.4 Å². The smallest absolute Gasteiger partial charge is 0.276 e. The summed E-state index contributed by atoms with van der Waals surface area (Å²) in [5.41, 5.74) is 10.6. The maximum Gasteiger partial charge on any atom is 0.276 e. The Kier molecular flexibility index (Phi) is 5.97. The summed E-state index contributed by atoms with van der Waals surface area (Å²) in [6, 6.07) is 5.40. The molecule has 1 fully saturated rings. The fraction of sp³-hybridized carbons (Fsp3) is 0.417. The molecule has 0 saturated heterocycles. The highest BCUT2D eigenvalue weighted by atomic mass is 16.3. The first-order valence-corrected chi connectivity index (χ1v) is 10.9. The van der Waals surface area contributed by atoms with Crippen LogP contribution >= 0.6 is 0 Å². The second-order valence-electron chi connectivity index (χ2n) is 8.89. The summed E-state index contributed by atoms with van der Waals surface area (Å²) in [5.74, 6) is 0.396. The molecule has 0 unspecified atom stereocenters. The highest BCUT2D eigenvalue weighted by Gasteiger charge is 2.33. The van der Waals surface area contributed by atoms with Gasteiger partial charge in [-0.1, -0.05) is 13.8 Å². The molecular formula is C24H30N6O2. The van der Waals surface area contributed by atoms with Crippen molar-refractivity contribution in [1.82, 2.24) is 19.7 Å². The summed E-state index contributed by atoms with van der Waals surface area (Å²) in [4.78, 5) is 21.9. The number of hydrogen-bond donors (Lipinski definition) is 3. The number of amides is 1. The molecule has 0 aliphatic heterocycles. The third kappa shape index (κ3) is 4.10. The summed E-state index contributed by atoms with van der Waals surface area (Å²) in [6.45, 7) is 6.20. The number of pyridine rings is 2. The number of nitrogens with one attached hydrogen (secondary N) is 1. The van der Waals surface area contributed by atoms with Crippen molar-refractivity contribution in [2.45, 2.75) is 45.6 Å². The fourth-order valence-electron chi connectivity index (χ4n) is 4.50. The lowest BCUT2D eigenvalue weighted by molar-refractivity contribution is 0.0384. The molecule has 0 bridgehead atoms. The van der Waals surface area contributed by atoms with Gasteiger partial charge in [0.25, 0.3) is 5.91 Å². The third-order valence-corrected chi connectivity index (χ3v) is 6.88. The van der Waals surface area contributed by atoms with Crippen LogP contribution in [0.1, 0.15) is 54.4 Å². The predicted molar refractivity (Wildman–Crippen MR) is 124 cm³/mol. The molecule has 0 radical (unpaired) electrons. The highest BCUT2D eigenvalue weighted by Crippen LogP contribution is 2.41. The number of nitrogens with zero attached hydrogens (tertiary/aromatic N) is 4. The molecular weight excluding hydrogens is 404 g/mol. The molecule has 1 saturated carbocycles. The Bertz CT molecular complexity index is 1130. The standard InChI is InChI=1S/C24H30N6O2/c1-13-9-16(10-22(31)14(13)2)17-7-8-26-12-21(17)29-24(32)23-19(25)5-6-20(28-23)18-11-27-30(4)15(18)3/h5-8,11-14,16,22,31H,9-10,25H2,1-4H3,(H,29,32)/t13-,14-,16+,22+/m0/s1. The molecule has 32 heavy (non-hydrogen) atoms. The Hall–Kier alpha value is -3.26. The van der Waals surface area contributed by atoms with Gasteiger partial charge in [-0.2, -0.15) is 5.10 Å². The van der Waals surface area contributed by atoms with Crippen LogP contribution in [0.25, 0.3) is 11.3 Å². The van der Waals surface area contributed by atoms with Gasteiger partial charge in [0.2, 0.25) is 0 Å². The lowest BCUT2D eigenvalue weighted by Crippen LogP contribution is -2.32. The highest BCUT2D eigenvalue weighted by molar-refractivity contribution is 6.06. The van der Waals surface area contributed by atoms with Gasteiger partial charge in [-0.25, -0.2) is 4.98 Å². The molecule has 1 aliphatic carbocycles. The summed E-state index contributed by atoms with van der Waals surface area (Å²) < 4.78 is 1.76. The Morgan fingerprint density at radius 1 is 1.22 bits per heavy atom. The molecule has 3 aromatic heterocycles. The van der Waals surface area contributed by atoms with Crippen LogP contribution in [0.3, 0.4) is 0 Å². The maximum absolute atomic E-state index is 13.2. The molecule has 0 aromatic carbocycles. The van der Waals surface area contributed by atoms with Crippen molar-refractivity contribution in [3.05, 3.63) is 53.7 Å². The normalized spacial score (nSPS) is 23.2. The zero-order chi connectivity index (χ0) is 23.0. The quantitative estimate of drug-likeness (QED) is 0.578. The van der Waals surface area contributed by atoms with Crippen LogP contribution in [0.5, 0.6) is 0 Å². The predicted octanol–water partition coefficient (Wildman–Crippen LogP) is 3.53. The number of anilines is 2. The Balaban J connectivity index is 1.62. The van der Waals surface area contributed by atoms with E-state index in [0.717, 1.165) is 23.2 Å². The molecule has 0 spiro atoms. The van der Waals surface area contributed by atoms with Gasteiger partial charge in [0.1, 0.15) is 0 Å². The zero-order valence-corrected chi connectivity index (χ0v) is 18.9. The first-order chi connectivity index (χ1) is 15.3. The topological polar surface area (TPSA) is 119 Å². The Morgan fingerprint density at radius 2 is 2.00 bits per heavy atom. The van der Waals surface area contributed by atoms with Crippen LogP contribution < -0.4 is 11.1 Å². The molecule has 8 heteroatoms. The van der Waals surface area contributed by atoms with Gasteiger partial charge in [0.15, 0.2) is 5.69 Å². The monoisotopic (exact) mass is 434 g/mol. The maximum atomic E-state index is 13.2. The molecule has 1 amide bonds. The van der Waals surface area contributed by atoms with E-state index in [9.17, 15) is 9.90 Å². The lowest BCUT2D eigenvalue weighted by Gasteiger charge is -2.37. The minimum absolute atomic E-state index is 0.143. The van der Waals surface area contributed by atoms with Crippen molar-refractivity contribution in [3.63, 3.8) is 0 Å². The fourth-order valence-corrected chi connectivity index (χ4v) is 4.50. The molecule has 4 atom stereocenters. The first-order valence-electron chi connectivity index (χ1n) is 10.9. The van der Waals surface area contributed by atoms with E-state index in [-0.39, 0.29) is 23.6 Å². The second-order valence-corrected chi connectivity index (χ2v) is 8.89. The summed E-state index contributed by atoms with van der Waals surface area (Å²) in [7, 11) is 1.86. The molecule has 3 heterocycles. The van der Waals surface area contributed by atoms with Crippen molar-refractivity contribution in [2.24, 2.45) is 18.9 Å². The zero-order valence-electron chi connectivity index (χ0n) is 18.9. The molecule has 8 nitrogen and oxygen atoms in total. The van der Waals surface area contributed by atoms with Crippen molar-refractivity contribution < 1.29 is 9.90 Å². The number of aromatic nitrogens is 4. The van der Waals surface area contributed by atoms with Crippen molar-refractivity contribution in [2.75, 3.05) is 11.1 Å². The molecule has 168 valence electrons. The number of aliphatic hydroxyl groups excluding tert-OH is 1. The van der Waals surface area contributed by atoms with Gasteiger partial charge >= 0.3 is 0 Å². The lowest BCUT2D eigenvalue weighted by atomic mass is 9.71. The molecule has 3 aromatic rings. The van der Waals surface area contributed by atoms with E-state index < -0.39 is 5.91 Å². The number of nitrogens with two attached hydrogens (primary N) is 1. The number of carbonyl (C=O) groups is 1. The summed E-state index contributed by atoms with van der Waals surface area (Å²) >= 11 is 0. The number of hydrogen-bond acceptors (Lipinski definition) is 6. The minimum atomic E-state index is -0.391. The third-order valence-electron chi connectivity index (χ3n) is 6.88. The van der Waals surface area contributed by atoms with Crippen LogP contribution in [-0.4, -0.2) is 36.9 Å². The Morgan fingerprint density at radius 3 is 2.69 bits per heavy atom. The van der Waals surface area contributed by atoms with Crippen molar-refractivity contribution >= 4 is 17.3 Å². The van der Waals surface area contributed by atoms with E-state index >= 15 is 0 Å². The second kappa shape index (κ2) is 8.70. The van der Waals surface area contributed by atoms with Gasteiger partial charge in [0, 0.05) is 24.5 Å². The van der Waals surface area contributed by atoms with E-state index in [2.05, 4.69) is 34.2 Å². The Labute approximate surface area is 187 Å². The van der Waals surface area contributed by atoms with E-state index in [0.29, 0.717) is 29.4 Å². The van der Waals surface area contributed by atoms with Gasteiger partial charge < -0.3 is 16.2 Å². The van der Waals surface area contributed by atoms with E-state index in [1.165, 1.54) is 0 Å². The van der Waals surface area contributed by atoms with E-state index in [1.54, 1.807) is 35.4 Å². The molecule has 1 aliphatic rings. The van der Waals surface area contributed by atoms with Crippen LogP contribution in [-0.2, 0) is 7.05 Å². The largest absolute Gasteiger partial charge is 0.397 e. The van der Waals surface area contributed by atoms with Crippen LogP contribution in [0.15, 0.2) is 36.8 Å². The molecule has 4 rings (SSSR count). The van der Waals surface area contributed by atoms with Crippen LogP contribution in [0.2, 0.25) is 0 Å². The van der Waals surface area contributed by atoms with Crippen molar-refractivity contribution in [1.29, 1.82) is 0 Å². The van der Waals surface area contributed by atoms with Gasteiger partial charge in [0.05, 0.1) is 35.6 Å². The number of carbonyl (C=O) groups excluding carboxylic acids is 1. The number of rotatable bonds is 4. The number of nitrogen functional groups attached to an aromatic ring is 1. The SMILES string of the molecule is Cc1c(-c2ccc(N)c(C(=O)Nc3cnccc3[C@H]3C[C@@H](O)[C@@H](C)[C@@H](C)C3)n2)cnn1C. The van der Waals surface area contributed by atoms with E-state index in [1.807, 2.05) is 20.0 Å². The number of aryl methyl sites for hydroxylation is 1. The van der Waals surface area contributed by atoms with Gasteiger partial charge in [-0.3, -0.25) is 14.5 Å². The van der Waals surface area contributed by atoms with Crippen molar-refractivity contribution in [3.8, 4) is 11.3 Å². The van der Waals surface area contributed by atoms with Gasteiger partial charge in [-0.05, 0) is 61.3 Å². The first kappa shape index (κ1) is 22.0. The van der Waals surface area contributed by atoms with E-state index in [4.69, 9.17) is 5.73 Å². The minimum Gasteiger partial charge on any atom is -0.397 e. The summed E-state index contributed by atoms with van der Waals surface area (Å²) in [5, 5.41) is 17.7. The average molecular weight is 435 g/mol. The molecule has 4 N–H and O–H groups in total.